The van der Waals surface area contributed by atoms with E-state index in [0.717, 1.165) is 18.4 Å². The summed E-state index contributed by atoms with van der Waals surface area (Å²) >= 11 is 6.12. The molecule has 0 spiro atoms. The Morgan fingerprint density at radius 2 is 2.00 bits per heavy atom. The first-order valence-electron chi connectivity index (χ1n) is 5.96. The van der Waals surface area contributed by atoms with Crippen LogP contribution in [0.1, 0.15) is 31.2 Å². The van der Waals surface area contributed by atoms with Gasteiger partial charge in [0.25, 0.3) is 0 Å². The standard InChI is InChI=1S/C13H13ClO4/c14-9-5-8(6-10-11(9)18-7-17-10)13(12(15)16)3-1-2-4-13/h5-6H,1-4,7H2,(H,15,16). The third-order valence-corrected chi connectivity index (χ3v) is 4.13. The van der Waals surface area contributed by atoms with Gasteiger partial charge >= 0.3 is 5.97 Å². The maximum Gasteiger partial charge on any atom is 0.314 e. The van der Waals surface area contributed by atoms with Crippen LogP contribution in [0.15, 0.2) is 12.1 Å². The second-order valence-corrected chi connectivity index (χ2v) is 5.19. The van der Waals surface area contributed by atoms with Crippen molar-refractivity contribution in [2.24, 2.45) is 0 Å². The number of benzene rings is 1. The molecular weight excluding hydrogens is 256 g/mol. The molecular formula is C13H13ClO4. The lowest BCUT2D eigenvalue weighted by Gasteiger charge is -2.24. The molecule has 1 N–H and O–H groups in total. The summed E-state index contributed by atoms with van der Waals surface area (Å²) in [4.78, 5) is 11.6. The Labute approximate surface area is 109 Å². The highest BCUT2D eigenvalue weighted by molar-refractivity contribution is 6.32. The van der Waals surface area contributed by atoms with Crippen molar-refractivity contribution >= 4 is 17.6 Å². The maximum absolute atomic E-state index is 11.6. The summed E-state index contributed by atoms with van der Waals surface area (Å²) < 4.78 is 10.5. The lowest BCUT2D eigenvalue weighted by molar-refractivity contribution is -0.143. The van der Waals surface area contributed by atoms with Gasteiger partial charge < -0.3 is 14.6 Å². The minimum absolute atomic E-state index is 0.137. The van der Waals surface area contributed by atoms with Gasteiger partial charge in [0.15, 0.2) is 11.5 Å². The highest BCUT2D eigenvalue weighted by Crippen LogP contribution is 2.47. The smallest absolute Gasteiger partial charge is 0.314 e. The number of hydrogen-bond donors (Lipinski definition) is 1. The van der Waals surface area contributed by atoms with E-state index in [0.29, 0.717) is 29.4 Å². The van der Waals surface area contributed by atoms with E-state index in [9.17, 15) is 9.90 Å². The zero-order valence-electron chi connectivity index (χ0n) is 9.74. The number of hydrogen-bond acceptors (Lipinski definition) is 3. The molecule has 1 saturated carbocycles. The molecule has 4 nitrogen and oxygen atoms in total. The van der Waals surface area contributed by atoms with Crippen molar-refractivity contribution < 1.29 is 19.4 Å². The first-order chi connectivity index (χ1) is 8.63. The van der Waals surface area contributed by atoms with Crippen molar-refractivity contribution in [3.8, 4) is 11.5 Å². The Hall–Kier alpha value is -1.42. The zero-order valence-corrected chi connectivity index (χ0v) is 10.5. The van der Waals surface area contributed by atoms with Crippen LogP contribution in [0, 0.1) is 0 Å². The Bertz CT molecular complexity index is 506. The monoisotopic (exact) mass is 268 g/mol. The van der Waals surface area contributed by atoms with Gasteiger partial charge in [-0.1, -0.05) is 24.4 Å². The van der Waals surface area contributed by atoms with Crippen LogP contribution >= 0.6 is 11.6 Å². The van der Waals surface area contributed by atoms with E-state index in [-0.39, 0.29) is 6.79 Å². The van der Waals surface area contributed by atoms with E-state index in [1.165, 1.54) is 0 Å². The average molecular weight is 269 g/mol. The summed E-state index contributed by atoms with van der Waals surface area (Å²) in [5.41, 5.74) is -0.0910. The fourth-order valence-corrected chi connectivity index (χ4v) is 3.11. The van der Waals surface area contributed by atoms with Crippen LogP contribution in [0.3, 0.4) is 0 Å². The SMILES string of the molecule is O=C(O)C1(c2cc(Cl)c3c(c2)OCO3)CCCC1. The van der Waals surface area contributed by atoms with Crippen LogP contribution < -0.4 is 9.47 Å². The molecule has 0 saturated heterocycles. The summed E-state index contributed by atoms with van der Waals surface area (Å²) in [6.45, 7) is 0.137. The predicted octanol–water partition coefficient (Wildman–Crippen LogP) is 2.97. The number of carbonyl (C=O) groups is 1. The van der Waals surface area contributed by atoms with Crippen molar-refractivity contribution in [3.63, 3.8) is 0 Å². The topological polar surface area (TPSA) is 55.8 Å². The van der Waals surface area contributed by atoms with Crippen molar-refractivity contribution in [3.05, 3.63) is 22.7 Å². The molecule has 5 heteroatoms. The molecule has 0 atom stereocenters. The summed E-state index contributed by atoms with van der Waals surface area (Å²) in [5.74, 6) is 0.277. The molecule has 0 amide bonds. The number of fused-ring (bicyclic) bond motifs is 1. The first-order valence-corrected chi connectivity index (χ1v) is 6.34. The molecule has 1 aliphatic carbocycles. The Balaban J connectivity index is 2.11. The molecule has 1 aromatic carbocycles. The van der Waals surface area contributed by atoms with Crippen LogP contribution in [0.5, 0.6) is 11.5 Å². The van der Waals surface area contributed by atoms with Crippen molar-refractivity contribution in [2.45, 2.75) is 31.1 Å². The average Bonchev–Trinajstić information content (AvgIpc) is 2.98. The van der Waals surface area contributed by atoms with E-state index in [4.69, 9.17) is 21.1 Å². The molecule has 0 bridgehead atoms. The number of halogens is 1. The summed E-state index contributed by atoms with van der Waals surface area (Å²) in [6, 6.07) is 3.46. The van der Waals surface area contributed by atoms with Gasteiger partial charge in [-0.15, -0.1) is 0 Å². The predicted molar refractivity (Wildman–Crippen MR) is 65.4 cm³/mol. The summed E-state index contributed by atoms with van der Waals surface area (Å²) in [6.07, 6.45) is 3.16. The molecule has 3 rings (SSSR count). The normalized spacial score (nSPS) is 20.1. The van der Waals surface area contributed by atoms with E-state index in [2.05, 4.69) is 0 Å². The van der Waals surface area contributed by atoms with Crippen LogP contribution in [-0.4, -0.2) is 17.9 Å². The number of ether oxygens (including phenoxy) is 2. The van der Waals surface area contributed by atoms with E-state index in [1.54, 1.807) is 12.1 Å². The van der Waals surface area contributed by atoms with Gasteiger partial charge in [0.2, 0.25) is 6.79 Å². The first kappa shape index (κ1) is 11.7. The molecule has 2 aliphatic rings. The van der Waals surface area contributed by atoms with Gasteiger partial charge in [0.05, 0.1) is 10.4 Å². The second kappa shape index (κ2) is 4.05. The number of aliphatic carboxylic acids is 1. The van der Waals surface area contributed by atoms with Crippen LogP contribution in [-0.2, 0) is 10.2 Å². The fraction of sp³-hybridized carbons (Fsp3) is 0.462. The minimum Gasteiger partial charge on any atom is -0.481 e. The maximum atomic E-state index is 11.6. The van der Waals surface area contributed by atoms with E-state index in [1.807, 2.05) is 0 Å². The highest BCUT2D eigenvalue weighted by Gasteiger charge is 2.44. The lowest BCUT2D eigenvalue weighted by atomic mass is 9.79. The Morgan fingerprint density at radius 1 is 1.28 bits per heavy atom. The molecule has 1 fully saturated rings. The van der Waals surface area contributed by atoms with Gasteiger partial charge in [0.1, 0.15) is 0 Å². The zero-order chi connectivity index (χ0) is 12.8. The van der Waals surface area contributed by atoms with Crippen molar-refractivity contribution in [2.75, 3.05) is 6.79 Å². The molecule has 1 heterocycles. The van der Waals surface area contributed by atoms with Gasteiger partial charge in [-0.2, -0.15) is 0 Å². The highest BCUT2D eigenvalue weighted by atomic mass is 35.5. The minimum atomic E-state index is -0.815. The number of rotatable bonds is 2. The molecule has 0 aromatic heterocycles. The van der Waals surface area contributed by atoms with E-state index >= 15 is 0 Å². The molecule has 1 aliphatic heterocycles. The van der Waals surface area contributed by atoms with Gasteiger partial charge in [0, 0.05) is 0 Å². The number of carboxylic acids is 1. The molecule has 96 valence electrons. The van der Waals surface area contributed by atoms with Crippen LogP contribution in [0.2, 0.25) is 5.02 Å². The Kier molecular flexibility index (Phi) is 2.63. The summed E-state index contributed by atoms with van der Waals surface area (Å²) in [7, 11) is 0. The fourth-order valence-electron chi connectivity index (χ4n) is 2.85. The van der Waals surface area contributed by atoms with Gasteiger partial charge in [-0.25, -0.2) is 0 Å². The molecule has 18 heavy (non-hydrogen) atoms. The van der Waals surface area contributed by atoms with Gasteiger partial charge in [-0.05, 0) is 30.5 Å². The summed E-state index contributed by atoms with van der Waals surface area (Å²) in [5, 5.41) is 9.97. The number of carboxylic acid groups (broad SMARTS) is 1. The quantitative estimate of drug-likeness (QED) is 0.896. The molecule has 0 unspecified atom stereocenters. The van der Waals surface area contributed by atoms with E-state index < -0.39 is 11.4 Å². The van der Waals surface area contributed by atoms with Gasteiger partial charge in [-0.3, -0.25) is 4.79 Å². The molecule has 0 radical (unpaired) electrons. The third-order valence-electron chi connectivity index (χ3n) is 3.85. The largest absolute Gasteiger partial charge is 0.481 e. The van der Waals surface area contributed by atoms with Crippen molar-refractivity contribution in [1.29, 1.82) is 0 Å². The second-order valence-electron chi connectivity index (χ2n) is 4.79. The van der Waals surface area contributed by atoms with Crippen molar-refractivity contribution in [1.82, 2.24) is 0 Å². The third kappa shape index (κ3) is 1.56. The van der Waals surface area contributed by atoms with Crippen LogP contribution in [0.4, 0.5) is 0 Å². The lowest BCUT2D eigenvalue weighted by Crippen LogP contribution is -2.32. The Morgan fingerprint density at radius 3 is 2.67 bits per heavy atom. The van der Waals surface area contributed by atoms with Crippen LogP contribution in [0.25, 0.3) is 0 Å². The molecule has 1 aromatic rings.